The van der Waals surface area contributed by atoms with Gasteiger partial charge in [-0.15, -0.1) is 0 Å². The molecule has 2 rings (SSSR count). The molecule has 0 unspecified atom stereocenters. The van der Waals surface area contributed by atoms with Crippen molar-refractivity contribution < 1.29 is 33.0 Å². The van der Waals surface area contributed by atoms with Gasteiger partial charge in [0, 0.05) is 14.0 Å². The summed E-state index contributed by atoms with van der Waals surface area (Å²) in [5.41, 5.74) is -0.236. The normalized spacial score (nSPS) is 20.8. The van der Waals surface area contributed by atoms with Crippen molar-refractivity contribution in [2.75, 3.05) is 7.11 Å². The molecule has 0 bridgehead atoms. The summed E-state index contributed by atoms with van der Waals surface area (Å²) in [6.07, 6.45) is -2.33. The molecule has 0 heterocycles. The first kappa shape index (κ1) is 20.0. The summed E-state index contributed by atoms with van der Waals surface area (Å²) < 4.78 is 43.9. The topological polar surface area (TPSA) is 79.1 Å². The summed E-state index contributed by atoms with van der Waals surface area (Å²) in [6.45, 7) is 1.08. The van der Waals surface area contributed by atoms with Crippen LogP contribution >= 0.6 is 0 Å². The first-order valence-electron chi connectivity index (χ1n) is 7.27. The Morgan fingerprint density at radius 1 is 1.29 bits per heavy atom. The summed E-state index contributed by atoms with van der Waals surface area (Å²) in [5, 5.41) is 19.3. The highest BCUT2D eigenvalue weighted by atomic mass is 19.4. The van der Waals surface area contributed by atoms with E-state index in [1.807, 2.05) is 0 Å². The number of alkyl halides is 3. The van der Waals surface area contributed by atoms with Crippen LogP contribution in [0.4, 0.5) is 13.2 Å². The lowest BCUT2D eigenvalue weighted by Gasteiger charge is -2.37. The maximum atomic E-state index is 12.8. The quantitative estimate of drug-likeness (QED) is 0.625. The van der Waals surface area contributed by atoms with E-state index in [-0.39, 0.29) is 0 Å². The molecule has 1 aliphatic carbocycles. The van der Waals surface area contributed by atoms with E-state index in [0.29, 0.717) is 37.0 Å². The van der Waals surface area contributed by atoms with Crippen molar-refractivity contribution >= 4 is 11.7 Å². The number of carbonyl (C=O) groups is 1. The third kappa shape index (κ3) is 5.23. The van der Waals surface area contributed by atoms with Crippen molar-refractivity contribution in [1.29, 1.82) is 0 Å². The number of hydrogen-bond donors (Lipinski definition) is 2. The third-order valence-electron chi connectivity index (χ3n) is 3.88. The highest BCUT2D eigenvalue weighted by Crippen LogP contribution is 2.41. The number of carboxylic acids is 1. The largest absolute Gasteiger partial charge is 0.481 e. The molecule has 1 aromatic carbocycles. The van der Waals surface area contributed by atoms with Gasteiger partial charge in [-0.2, -0.15) is 13.2 Å². The van der Waals surface area contributed by atoms with Crippen LogP contribution in [0.15, 0.2) is 29.4 Å². The van der Waals surface area contributed by atoms with Gasteiger partial charge in [0.25, 0.3) is 5.97 Å². The zero-order chi connectivity index (χ0) is 18.4. The molecule has 0 aliphatic heterocycles. The van der Waals surface area contributed by atoms with Gasteiger partial charge < -0.3 is 15.1 Å². The molecule has 0 aromatic heterocycles. The number of benzene rings is 1. The van der Waals surface area contributed by atoms with Crippen molar-refractivity contribution in [2.45, 2.75) is 44.4 Å². The fraction of sp³-hybridized carbons (Fsp3) is 0.500. The Balaban J connectivity index is 0.000000648. The van der Waals surface area contributed by atoms with E-state index < -0.39 is 23.3 Å². The molecule has 0 saturated heterocycles. The summed E-state index contributed by atoms with van der Waals surface area (Å²) in [6, 6.07) is 5.25. The van der Waals surface area contributed by atoms with Crippen LogP contribution < -0.4 is 0 Å². The fourth-order valence-electron chi connectivity index (χ4n) is 2.63. The summed E-state index contributed by atoms with van der Waals surface area (Å²) >= 11 is 0. The maximum Gasteiger partial charge on any atom is 0.416 e. The van der Waals surface area contributed by atoms with E-state index in [2.05, 4.69) is 5.16 Å². The van der Waals surface area contributed by atoms with Crippen LogP contribution in [0, 0.1) is 0 Å². The van der Waals surface area contributed by atoms with Crippen LogP contribution in [0.3, 0.4) is 0 Å². The van der Waals surface area contributed by atoms with Crippen LogP contribution in [0.1, 0.15) is 43.7 Å². The minimum Gasteiger partial charge on any atom is -0.481 e. The van der Waals surface area contributed by atoms with Crippen molar-refractivity contribution in [3.8, 4) is 0 Å². The second-order valence-electron chi connectivity index (χ2n) is 5.46. The Bertz CT molecular complexity index is 585. The summed E-state index contributed by atoms with van der Waals surface area (Å²) in [7, 11) is 1.50. The van der Waals surface area contributed by atoms with Gasteiger partial charge in [-0.1, -0.05) is 17.3 Å². The van der Waals surface area contributed by atoms with Gasteiger partial charge in [0.15, 0.2) is 0 Å². The highest BCUT2D eigenvalue weighted by molar-refractivity contribution is 5.84. The second kappa shape index (κ2) is 8.14. The van der Waals surface area contributed by atoms with Gasteiger partial charge in [-0.25, -0.2) is 0 Å². The molecule has 1 fully saturated rings. The van der Waals surface area contributed by atoms with Crippen LogP contribution in [0.5, 0.6) is 0 Å². The number of methoxy groups -OCH3 is 1. The molecule has 0 atom stereocenters. The van der Waals surface area contributed by atoms with Gasteiger partial charge in [-0.3, -0.25) is 4.79 Å². The number of hydrogen-bond acceptors (Lipinski definition) is 4. The van der Waals surface area contributed by atoms with Gasteiger partial charge in [0.2, 0.25) is 0 Å². The smallest absolute Gasteiger partial charge is 0.416 e. The monoisotopic (exact) mass is 347 g/mol. The molecule has 134 valence electrons. The first-order valence-corrected chi connectivity index (χ1v) is 7.27. The third-order valence-corrected chi connectivity index (χ3v) is 3.88. The average Bonchev–Trinajstić information content (AvgIpc) is 2.54. The van der Waals surface area contributed by atoms with Gasteiger partial charge in [0.05, 0.1) is 16.9 Å². The molecule has 1 aromatic rings. The van der Waals surface area contributed by atoms with Crippen molar-refractivity contribution in [3.05, 3.63) is 35.4 Å². The Morgan fingerprint density at radius 2 is 1.83 bits per heavy atom. The SMILES string of the molecule is CC(=O)O.COC1(c2cccc(C(F)(F)F)c2)CCC(=NO)CC1. The number of oxime groups is 1. The predicted molar refractivity (Wildman–Crippen MR) is 81.1 cm³/mol. The standard InChI is InChI=1S/C14H16F3NO2.C2H4O2/c1-20-13(7-5-12(18-19)6-8-13)10-3-2-4-11(9-10)14(15,16)17;1-2(3)4/h2-4,9,19H,5-8H2,1H3;1H3,(H,3,4). The molecule has 0 spiro atoms. The Labute approximate surface area is 137 Å². The molecule has 5 nitrogen and oxygen atoms in total. The zero-order valence-electron chi connectivity index (χ0n) is 13.4. The lowest BCUT2D eigenvalue weighted by molar-refractivity contribution is -0.138. The van der Waals surface area contributed by atoms with Crippen LogP contribution in [-0.2, 0) is 21.3 Å². The second-order valence-corrected chi connectivity index (χ2v) is 5.46. The molecule has 8 heteroatoms. The number of carboxylic acid groups (broad SMARTS) is 1. The van der Waals surface area contributed by atoms with Crippen molar-refractivity contribution in [3.63, 3.8) is 0 Å². The van der Waals surface area contributed by atoms with Gasteiger partial charge >= 0.3 is 6.18 Å². The van der Waals surface area contributed by atoms with Crippen LogP contribution in [-0.4, -0.2) is 29.1 Å². The summed E-state index contributed by atoms with van der Waals surface area (Å²) in [5.74, 6) is -0.833. The Morgan fingerprint density at radius 3 is 2.25 bits per heavy atom. The van der Waals surface area contributed by atoms with Crippen LogP contribution in [0.25, 0.3) is 0 Å². The van der Waals surface area contributed by atoms with E-state index in [1.54, 1.807) is 6.07 Å². The van der Waals surface area contributed by atoms with Crippen molar-refractivity contribution in [2.24, 2.45) is 5.16 Å². The number of rotatable bonds is 2. The molecule has 2 N–H and O–H groups in total. The molecular weight excluding hydrogens is 327 g/mol. The molecule has 1 saturated carbocycles. The molecular formula is C16H20F3NO4. The van der Waals surface area contributed by atoms with Gasteiger partial charge in [0.1, 0.15) is 0 Å². The lowest BCUT2D eigenvalue weighted by Crippen LogP contribution is -2.34. The predicted octanol–water partition coefficient (Wildman–Crippen LogP) is 4.04. The van der Waals surface area contributed by atoms with E-state index in [1.165, 1.54) is 13.2 Å². The van der Waals surface area contributed by atoms with Crippen molar-refractivity contribution in [1.82, 2.24) is 0 Å². The summed E-state index contributed by atoms with van der Waals surface area (Å²) in [4.78, 5) is 9.00. The number of halogens is 3. The van der Waals surface area contributed by atoms with E-state index >= 15 is 0 Å². The van der Waals surface area contributed by atoms with E-state index in [9.17, 15) is 13.2 Å². The minimum absolute atomic E-state index is 0.504. The number of ether oxygens (including phenoxy) is 1. The average molecular weight is 347 g/mol. The van der Waals surface area contributed by atoms with Gasteiger partial charge in [-0.05, 0) is 43.4 Å². The molecule has 24 heavy (non-hydrogen) atoms. The van der Waals surface area contributed by atoms with E-state index in [4.69, 9.17) is 19.8 Å². The Hall–Kier alpha value is -2.09. The minimum atomic E-state index is -4.36. The molecule has 1 aliphatic rings. The maximum absolute atomic E-state index is 12.8. The number of aliphatic carboxylic acids is 1. The fourth-order valence-corrected chi connectivity index (χ4v) is 2.63. The lowest BCUT2D eigenvalue weighted by atomic mass is 9.78. The first-order chi connectivity index (χ1) is 11.1. The molecule has 0 radical (unpaired) electrons. The number of nitrogens with zero attached hydrogens (tertiary/aromatic N) is 1. The zero-order valence-corrected chi connectivity index (χ0v) is 13.4. The molecule has 0 amide bonds. The van der Waals surface area contributed by atoms with E-state index in [0.717, 1.165) is 19.1 Å². The highest BCUT2D eigenvalue weighted by Gasteiger charge is 2.38. The Kier molecular flexibility index (Phi) is 6.77. The van der Waals surface area contributed by atoms with Crippen LogP contribution in [0.2, 0.25) is 0 Å².